The number of methoxy groups -OCH3 is 1. The van der Waals surface area contributed by atoms with Crippen molar-refractivity contribution in [2.45, 2.75) is 38.6 Å². The largest absolute Gasteiger partial charge is 0.497 e. The Kier molecular flexibility index (Phi) is 8.91. The van der Waals surface area contributed by atoms with Crippen LogP contribution in [0.15, 0.2) is 60.3 Å². The number of nitrogens with one attached hydrogen (secondary N) is 2. The number of rotatable bonds is 11. The van der Waals surface area contributed by atoms with Crippen LogP contribution in [0.2, 0.25) is 0 Å². The number of anilines is 2. The first-order chi connectivity index (χ1) is 16.8. The Morgan fingerprint density at radius 1 is 1.14 bits per heavy atom. The molecule has 2 N–H and O–H groups in total. The minimum Gasteiger partial charge on any atom is -0.497 e. The van der Waals surface area contributed by atoms with Gasteiger partial charge in [0.2, 0.25) is 11.8 Å². The Bertz CT molecular complexity index is 1190. The van der Waals surface area contributed by atoms with E-state index in [1.807, 2.05) is 48.7 Å². The van der Waals surface area contributed by atoms with Gasteiger partial charge in [-0.15, -0.1) is 16.8 Å². The van der Waals surface area contributed by atoms with E-state index in [2.05, 4.69) is 27.4 Å². The van der Waals surface area contributed by atoms with Gasteiger partial charge in [-0.1, -0.05) is 23.9 Å². The SMILES string of the molecule is C=CCn1c(SCC(=O)Nc2ccc(C)c(NC(C)=O)c2)nnc1C(C)Oc1ccc(OC)cc1. The molecule has 3 rings (SSSR count). The molecule has 0 spiro atoms. The Hall–Kier alpha value is -3.79. The van der Waals surface area contributed by atoms with Gasteiger partial charge in [-0.3, -0.25) is 14.2 Å². The van der Waals surface area contributed by atoms with E-state index in [1.54, 1.807) is 25.3 Å². The normalized spacial score (nSPS) is 11.4. The average molecular weight is 496 g/mol. The number of hydrogen-bond acceptors (Lipinski definition) is 7. The van der Waals surface area contributed by atoms with Gasteiger partial charge in [0.1, 0.15) is 11.5 Å². The fraction of sp³-hybridized carbons (Fsp3) is 0.280. The third-order valence-electron chi connectivity index (χ3n) is 4.96. The summed E-state index contributed by atoms with van der Waals surface area (Å²) in [5, 5.41) is 14.8. The van der Waals surface area contributed by atoms with Crippen molar-refractivity contribution in [3.63, 3.8) is 0 Å². The van der Waals surface area contributed by atoms with Crippen molar-refractivity contribution < 1.29 is 19.1 Å². The fourth-order valence-corrected chi connectivity index (χ4v) is 4.03. The van der Waals surface area contributed by atoms with E-state index in [0.29, 0.717) is 34.6 Å². The lowest BCUT2D eigenvalue weighted by atomic mass is 10.2. The molecular formula is C25H29N5O4S. The molecule has 1 heterocycles. The maximum atomic E-state index is 12.6. The number of hydrogen-bond donors (Lipinski definition) is 2. The molecule has 1 aromatic heterocycles. The van der Waals surface area contributed by atoms with Gasteiger partial charge in [-0.05, 0) is 55.8 Å². The minimum atomic E-state index is -0.376. The molecule has 1 atom stereocenters. The first-order valence-corrected chi connectivity index (χ1v) is 11.9. The molecule has 0 aliphatic carbocycles. The molecule has 2 amide bonds. The Labute approximate surface area is 208 Å². The second-order valence-corrected chi connectivity index (χ2v) is 8.67. The van der Waals surface area contributed by atoms with Crippen molar-refractivity contribution in [2.24, 2.45) is 0 Å². The van der Waals surface area contributed by atoms with Crippen molar-refractivity contribution in [1.29, 1.82) is 0 Å². The second-order valence-electron chi connectivity index (χ2n) is 7.72. The summed E-state index contributed by atoms with van der Waals surface area (Å²) in [6.07, 6.45) is 1.37. The summed E-state index contributed by atoms with van der Waals surface area (Å²) in [6, 6.07) is 12.7. The predicted molar refractivity (Wildman–Crippen MR) is 137 cm³/mol. The van der Waals surface area contributed by atoms with Crippen molar-refractivity contribution in [3.8, 4) is 11.5 Å². The summed E-state index contributed by atoms with van der Waals surface area (Å²) in [7, 11) is 1.61. The van der Waals surface area contributed by atoms with Crippen LogP contribution in [0.1, 0.15) is 31.3 Å². The summed E-state index contributed by atoms with van der Waals surface area (Å²) in [5.41, 5.74) is 2.16. The van der Waals surface area contributed by atoms with Gasteiger partial charge in [0, 0.05) is 24.8 Å². The van der Waals surface area contributed by atoms with Gasteiger partial charge in [0.15, 0.2) is 17.1 Å². The quantitative estimate of drug-likeness (QED) is 0.295. The molecule has 1 unspecified atom stereocenters. The van der Waals surface area contributed by atoms with Crippen LogP contribution in [0, 0.1) is 6.92 Å². The van der Waals surface area contributed by atoms with E-state index in [9.17, 15) is 9.59 Å². The van der Waals surface area contributed by atoms with Gasteiger partial charge < -0.3 is 20.1 Å². The molecule has 0 fully saturated rings. The van der Waals surface area contributed by atoms with Gasteiger partial charge in [-0.2, -0.15) is 0 Å². The highest BCUT2D eigenvalue weighted by Gasteiger charge is 2.20. The molecular weight excluding hydrogens is 466 g/mol. The van der Waals surface area contributed by atoms with Crippen LogP contribution in [-0.2, 0) is 16.1 Å². The molecule has 9 nitrogen and oxygen atoms in total. The zero-order valence-electron chi connectivity index (χ0n) is 20.2. The molecule has 0 bridgehead atoms. The smallest absolute Gasteiger partial charge is 0.234 e. The van der Waals surface area contributed by atoms with Crippen LogP contribution in [0.5, 0.6) is 11.5 Å². The second kappa shape index (κ2) is 12.1. The highest BCUT2D eigenvalue weighted by Crippen LogP contribution is 2.26. The van der Waals surface area contributed by atoms with Crippen molar-refractivity contribution in [2.75, 3.05) is 23.5 Å². The lowest BCUT2D eigenvalue weighted by Gasteiger charge is -2.16. The van der Waals surface area contributed by atoms with E-state index in [4.69, 9.17) is 9.47 Å². The molecule has 0 saturated carbocycles. The van der Waals surface area contributed by atoms with Crippen LogP contribution >= 0.6 is 11.8 Å². The lowest BCUT2D eigenvalue weighted by molar-refractivity contribution is -0.114. The highest BCUT2D eigenvalue weighted by atomic mass is 32.2. The molecule has 10 heteroatoms. The number of carbonyl (C=O) groups excluding carboxylic acids is 2. The number of thioether (sulfide) groups is 1. The number of benzene rings is 2. The molecule has 3 aromatic rings. The standard InChI is InChI=1S/C25H29N5O4S/c1-6-13-30-24(17(3)34-21-11-9-20(33-5)10-12-21)28-29-25(30)35-15-23(32)27-19-8-7-16(2)22(14-19)26-18(4)31/h6-12,14,17H,1,13,15H2,2-5H3,(H,26,31)(H,27,32). The Morgan fingerprint density at radius 3 is 2.51 bits per heavy atom. The molecule has 184 valence electrons. The van der Waals surface area contributed by atoms with Crippen LogP contribution in [-0.4, -0.2) is 39.4 Å². The molecule has 2 aromatic carbocycles. The first-order valence-electron chi connectivity index (χ1n) is 11.0. The van der Waals surface area contributed by atoms with Crippen LogP contribution in [0.25, 0.3) is 0 Å². The summed E-state index contributed by atoms with van der Waals surface area (Å²) < 4.78 is 13.1. The molecule has 0 aliphatic rings. The van der Waals surface area contributed by atoms with E-state index in [0.717, 1.165) is 11.3 Å². The molecule has 35 heavy (non-hydrogen) atoms. The number of allylic oxidation sites excluding steroid dienone is 1. The summed E-state index contributed by atoms with van der Waals surface area (Å²) >= 11 is 1.27. The van der Waals surface area contributed by atoms with Crippen LogP contribution in [0.3, 0.4) is 0 Å². The molecule has 0 radical (unpaired) electrons. The average Bonchev–Trinajstić information content (AvgIpc) is 3.23. The summed E-state index contributed by atoms with van der Waals surface area (Å²) in [4.78, 5) is 24.0. The number of nitrogens with zero attached hydrogens (tertiary/aromatic N) is 3. The van der Waals surface area contributed by atoms with Gasteiger partial charge >= 0.3 is 0 Å². The zero-order valence-corrected chi connectivity index (χ0v) is 21.0. The van der Waals surface area contributed by atoms with Crippen LogP contribution < -0.4 is 20.1 Å². The number of carbonyl (C=O) groups is 2. The Balaban J connectivity index is 1.65. The van der Waals surface area contributed by atoms with Crippen LogP contribution in [0.4, 0.5) is 11.4 Å². The highest BCUT2D eigenvalue weighted by molar-refractivity contribution is 7.99. The summed E-state index contributed by atoms with van der Waals surface area (Å²) in [6.45, 7) is 9.51. The maximum Gasteiger partial charge on any atom is 0.234 e. The molecule has 0 aliphatic heterocycles. The predicted octanol–water partition coefficient (Wildman–Crippen LogP) is 4.61. The monoisotopic (exact) mass is 495 g/mol. The van der Waals surface area contributed by atoms with Gasteiger partial charge in [0.05, 0.1) is 12.9 Å². The Morgan fingerprint density at radius 2 is 1.86 bits per heavy atom. The zero-order chi connectivity index (χ0) is 25.4. The summed E-state index contributed by atoms with van der Waals surface area (Å²) in [5.74, 6) is 1.80. The van der Waals surface area contributed by atoms with E-state index < -0.39 is 0 Å². The van der Waals surface area contributed by atoms with Gasteiger partial charge in [0.25, 0.3) is 0 Å². The number of aryl methyl sites for hydroxylation is 1. The minimum absolute atomic E-state index is 0.131. The molecule has 0 saturated heterocycles. The first kappa shape index (κ1) is 25.8. The number of amides is 2. The van der Waals surface area contributed by atoms with E-state index in [-0.39, 0.29) is 23.7 Å². The fourth-order valence-electron chi connectivity index (χ4n) is 3.27. The maximum absolute atomic E-state index is 12.6. The van der Waals surface area contributed by atoms with Crippen molar-refractivity contribution in [1.82, 2.24) is 14.8 Å². The third-order valence-corrected chi connectivity index (χ3v) is 5.92. The van der Waals surface area contributed by atoms with Crippen molar-refractivity contribution in [3.05, 3.63) is 66.5 Å². The van der Waals surface area contributed by atoms with E-state index >= 15 is 0 Å². The third kappa shape index (κ3) is 7.10. The van der Waals surface area contributed by atoms with Crippen molar-refractivity contribution >= 4 is 35.0 Å². The number of aromatic nitrogens is 3. The van der Waals surface area contributed by atoms with Gasteiger partial charge in [-0.25, -0.2) is 0 Å². The van der Waals surface area contributed by atoms with E-state index in [1.165, 1.54) is 18.7 Å². The topological polar surface area (TPSA) is 107 Å². The number of ether oxygens (including phenoxy) is 2. The lowest BCUT2D eigenvalue weighted by Crippen LogP contribution is -2.16.